The SMILES string of the molecule is CC1(C)C[C@H]2C[C@@](C)(CN2C(=O)c2cnn3c2N[C@H](c2cccs2)C[C@H]3C(F)(F)F)C1. The molecule has 31 heavy (non-hydrogen) atoms. The lowest BCUT2D eigenvalue weighted by molar-refractivity contribution is -0.173. The van der Waals surface area contributed by atoms with Crippen LogP contribution in [0.2, 0.25) is 0 Å². The Morgan fingerprint density at radius 1 is 1.29 bits per heavy atom. The van der Waals surface area contributed by atoms with Gasteiger partial charge in [0.05, 0.1) is 12.2 Å². The number of aromatic nitrogens is 2. The number of nitrogens with zero attached hydrogens (tertiary/aromatic N) is 3. The van der Waals surface area contributed by atoms with Gasteiger partial charge in [-0.2, -0.15) is 18.3 Å². The number of anilines is 1. The summed E-state index contributed by atoms with van der Waals surface area (Å²) < 4.78 is 42.6. The molecule has 168 valence electrons. The Balaban J connectivity index is 1.50. The molecule has 1 saturated heterocycles. The molecule has 2 aliphatic heterocycles. The fraction of sp³-hybridized carbons (Fsp3) is 0.636. The van der Waals surface area contributed by atoms with Crippen LogP contribution in [-0.4, -0.2) is 39.4 Å². The number of carbonyl (C=O) groups is 1. The Kier molecular flexibility index (Phi) is 4.53. The van der Waals surface area contributed by atoms with Crippen molar-refractivity contribution in [2.24, 2.45) is 10.8 Å². The first-order valence-corrected chi connectivity index (χ1v) is 11.6. The standard InChI is InChI=1S/C22H27F3N4OS/c1-20(2)8-13-9-21(3,11-20)12-28(13)19(30)14-10-26-29-17(22(23,24)25)7-15(27-18(14)29)16-5-4-6-31-16/h4-6,10,13,15,17,27H,7-9,11-12H2,1-3H3/t13-,15-,17-,21+/m0/s1. The maximum Gasteiger partial charge on any atom is 0.410 e. The van der Waals surface area contributed by atoms with Gasteiger partial charge in [0.1, 0.15) is 11.4 Å². The largest absolute Gasteiger partial charge is 0.410 e. The normalized spacial score (nSPS) is 31.9. The van der Waals surface area contributed by atoms with E-state index in [4.69, 9.17) is 0 Å². The van der Waals surface area contributed by atoms with E-state index in [0.717, 1.165) is 28.8 Å². The number of amides is 1. The van der Waals surface area contributed by atoms with E-state index in [-0.39, 0.29) is 40.6 Å². The zero-order chi connectivity index (χ0) is 22.2. The molecule has 1 aliphatic carbocycles. The van der Waals surface area contributed by atoms with E-state index in [1.165, 1.54) is 17.5 Å². The summed E-state index contributed by atoms with van der Waals surface area (Å²) in [6.45, 7) is 7.32. The maximum atomic E-state index is 13.9. The third-order valence-electron chi connectivity index (χ3n) is 7.03. The minimum Gasteiger partial charge on any atom is -0.362 e. The Morgan fingerprint density at radius 2 is 2.06 bits per heavy atom. The smallest absolute Gasteiger partial charge is 0.362 e. The molecule has 0 spiro atoms. The number of thiophene rings is 1. The number of rotatable bonds is 2. The van der Waals surface area contributed by atoms with Crippen LogP contribution in [-0.2, 0) is 0 Å². The molecule has 9 heteroatoms. The molecule has 4 atom stereocenters. The van der Waals surface area contributed by atoms with Crippen molar-refractivity contribution in [2.75, 3.05) is 11.9 Å². The number of fused-ring (bicyclic) bond motifs is 3. The molecule has 1 saturated carbocycles. The second-order valence-electron chi connectivity index (χ2n) is 10.5. The van der Waals surface area contributed by atoms with E-state index in [9.17, 15) is 18.0 Å². The highest BCUT2D eigenvalue weighted by atomic mass is 32.1. The van der Waals surface area contributed by atoms with Crippen molar-refractivity contribution in [1.82, 2.24) is 14.7 Å². The van der Waals surface area contributed by atoms with Gasteiger partial charge in [0.15, 0.2) is 6.04 Å². The van der Waals surface area contributed by atoms with Crippen LogP contribution in [0.5, 0.6) is 0 Å². The second-order valence-corrected chi connectivity index (χ2v) is 11.5. The highest BCUT2D eigenvalue weighted by molar-refractivity contribution is 7.10. The quantitative estimate of drug-likeness (QED) is 0.641. The van der Waals surface area contributed by atoms with Gasteiger partial charge in [-0.1, -0.05) is 26.8 Å². The minimum atomic E-state index is -4.44. The van der Waals surface area contributed by atoms with Crippen LogP contribution < -0.4 is 5.32 Å². The monoisotopic (exact) mass is 452 g/mol. The predicted molar refractivity (Wildman–Crippen MR) is 113 cm³/mol. The van der Waals surface area contributed by atoms with Gasteiger partial charge in [0.25, 0.3) is 5.91 Å². The molecule has 3 aliphatic rings. The van der Waals surface area contributed by atoms with Crippen molar-refractivity contribution in [1.29, 1.82) is 0 Å². The number of likely N-dealkylation sites (tertiary alicyclic amines) is 1. The third-order valence-corrected chi connectivity index (χ3v) is 8.02. The highest BCUT2D eigenvalue weighted by Crippen LogP contribution is 2.53. The van der Waals surface area contributed by atoms with Gasteiger partial charge < -0.3 is 10.2 Å². The molecular weight excluding hydrogens is 425 g/mol. The zero-order valence-corrected chi connectivity index (χ0v) is 18.7. The van der Waals surface area contributed by atoms with Gasteiger partial charge >= 0.3 is 6.18 Å². The zero-order valence-electron chi connectivity index (χ0n) is 17.9. The average Bonchev–Trinajstić information content (AvgIpc) is 3.36. The topological polar surface area (TPSA) is 50.2 Å². The molecule has 2 aromatic heterocycles. The molecule has 1 N–H and O–H groups in total. The van der Waals surface area contributed by atoms with E-state index in [0.29, 0.717) is 6.54 Å². The predicted octanol–water partition coefficient (Wildman–Crippen LogP) is 5.65. The summed E-state index contributed by atoms with van der Waals surface area (Å²) in [5.74, 6) is -0.0317. The van der Waals surface area contributed by atoms with Gasteiger partial charge in [-0.3, -0.25) is 4.79 Å². The first-order valence-electron chi connectivity index (χ1n) is 10.7. The van der Waals surface area contributed by atoms with Gasteiger partial charge in [0.2, 0.25) is 0 Å². The first kappa shape index (κ1) is 20.8. The van der Waals surface area contributed by atoms with Crippen LogP contribution in [0.15, 0.2) is 23.7 Å². The molecule has 2 aromatic rings. The van der Waals surface area contributed by atoms with Crippen molar-refractivity contribution >= 4 is 23.1 Å². The summed E-state index contributed by atoms with van der Waals surface area (Å²) >= 11 is 1.42. The van der Waals surface area contributed by atoms with Crippen LogP contribution >= 0.6 is 11.3 Å². The Bertz CT molecular complexity index is 999. The summed E-state index contributed by atoms with van der Waals surface area (Å²) in [5, 5.41) is 9.09. The van der Waals surface area contributed by atoms with Gasteiger partial charge in [-0.05, 0) is 41.5 Å². The summed E-state index contributed by atoms with van der Waals surface area (Å²) in [6, 6.07) is 1.51. The first-order chi connectivity index (χ1) is 14.5. The van der Waals surface area contributed by atoms with Crippen LogP contribution in [0.25, 0.3) is 0 Å². The van der Waals surface area contributed by atoms with Crippen molar-refractivity contribution in [3.05, 3.63) is 34.2 Å². The number of hydrogen-bond acceptors (Lipinski definition) is 4. The maximum absolute atomic E-state index is 13.9. The van der Waals surface area contributed by atoms with E-state index in [1.807, 2.05) is 22.4 Å². The molecule has 1 amide bonds. The minimum absolute atomic E-state index is 0.0523. The number of halogens is 3. The van der Waals surface area contributed by atoms with Crippen LogP contribution in [0.4, 0.5) is 19.0 Å². The number of alkyl halides is 3. The molecule has 5 nitrogen and oxygen atoms in total. The van der Waals surface area contributed by atoms with E-state index < -0.39 is 18.3 Å². The second kappa shape index (κ2) is 6.73. The van der Waals surface area contributed by atoms with Gasteiger partial charge in [0, 0.05) is 23.9 Å². The fourth-order valence-corrected chi connectivity index (χ4v) is 7.04. The molecule has 2 fully saturated rings. The summed E-state index contributed by atoms with van der Waals surface area (Å²) in [5.41, 5.74) is 0.440. The molecule has 0 radical (unpaired) electrons. The van der Waals surface area contributed by atoms with Crippen molar-refractivity contribution in [3.63, 3.8) is 0 Å². The van der Waals surface area contributed by atoms with E-state index in [1.54, 1.807) is 0 Å². The Labute approximate surface area is 183 Å². The lowest BCUT2D eigenvalue weighted by atomic mass is 9.65. The summed E-state index contributed by atoms with van der Waals surface area (Å²) in [7, 11) is 0. The summed E-state index contributed by atoms with van der Waals surface area (Å²) in [6.07, 6.45) is -0.376. The van der Waals surface area contributed by atoms with Crippen LogP contribution in [0.3, 0.4) is 0 Å². The third kappa shape index (κ3) is 3.54. The molecule has 2 bridgehead atoms. The van der Waals surface area contributed by atoms with Gasteiger partial charge in [-0.25, -0.2) is 4.68 Å². The molecule has 4 heterocycles. The number of hydrogen-bond donors (Lipinski definition) is 1. The van der Waals surface area contributed by atoms with Gasteiger partial charge in [-0.15, -0.1) is 11.3 Å². The molecule has 0 aromatic carbocycles. The van der Waals surface area contributed by atoms with Crippen molar-refractivity contribution < 1.29 is 18.0 Å². The molecule has 5 rings (SSSR count). The fourth-order valence-electron chi connectivity index (χ4n) is 6.25. The highest BCUT2D eigenvalue weighted by Gasteiger charge is 2.52. The Hall–Kier alpha value is -2.03. The van der Waals surface area contributed by atoms with E-state index in [2.05, 4.69) is 31.2 Å². The number of nitrogens with one attached hydrogen (secondary N) is 1. The van der Waals surface area contributed by atoms with Crippen molar-refractivity contribution in [2.45, 2.75) is 70.8 Å². The van der Waals surface area contributed by atoms with E-state index >= 15 is 0 Å². The molecular formula is C22H27F3N4OS. The van der Waals surface area contributed by atoms with Crippen LogP contribution in [0, 0.1) is 10.8 Å². The lowest BCUT2D eigenvalue weighted by Crippen LogP contribution is -2.39. The molecule has 0 unspecified atom stereocenters. The Morgan fingerprint density at radius 3 is 2.74 bits per heavy atom. The summed E-state index contributed by atoms with van der Waals surface area (Å²) in [4.78, 5) is 16.3. The average molecular weight is 453 g/mol. The number of carbonyl (C=O) groups excluding carboxylic acids is 1. The van der Waals surface area contributed by atoms with Crippen LogP contribution in [0.1, 0.15) is 73.8 Å². The van der Waals surface area contributed by atoms with Crippen molar-refractivity contribution in [3.8, 4) is 0 Å². The lowest BCUT2D eigenvalue weighted by Gasteiger charge is -2.39.